The molecule has 0 saturated carbocycles. The normalized spacial score (nSPS) is 13.9. The van der Waals surface area contributed by atoms with Gasteiger partial charge in [-0.2, -0.15) is 0 Å². The van der Waals surface area contributed by atoms with Gasteiger partial charge in [-0.1, -0.05) is 115 Å². The number of hydrogen-bond acceptors (Lipinski definition) is 4. The minimum Gasteiger partial charge on any atom is -0.353 e. The summed E-state index contributed by atoms with van der Waals surface area (Å²) in [7, 11) is 6.11. The number of para-hydroxylation sites is 2. The number of fused-ring (bicyclic) bond motifs is 1. The zero-order chi connectivity index (χ0) is 26.8. The number of unbranched alkanes of at least 4 members (excludes halogenated alkanes) is 15. The molecule has 0 unspecified atom stereocenters. The lowest BCUT2D eigenvalue weighted by molar-refractivity contribution is -0.134. The Morgan fingerprint density at radius 2 is 1.08 bits per heavy atom. The minimum atomic E-state index is -0.716. The van der Waals surface area contributed by atoms with E-state index in [1.807, 2.05) is 24.1 Å². The average Bonchev–Trinajstić information content (AvgIpc) is 3.27. The minimum absolute atomic E-state index is 0.156. The fraction of sp³-hybridized carbons (Fsp3) is 0.781. The number of amides is 1. The second-order valence-corrected chi connectivity index (χ2v) is 11.6. The van der Waals surface area contributed by atoms with Gasteiger partial charge in [0.15, 0.2) is 5.66 Å². The Kier molecular flexibility index (Phi) is 15.7. The zero-order valence-electron chi connectivity index (χ0n) is 24.8. The first-order valence-corrected chi connectivity index (χ1v) is 15.5. The maximum Gasteiger partial charge on any atom is 0.268 e. The van der Waals surface area contributed by atoms with E-state index in [1.54, 1.807) is 0 Å². The second-order valence-electron chi connectivity index (χ2n) is 11.6. The van der Waals surface area contributed by atoms with Crippen LogP contribution in [0.25, 0.3) is 0 Å². The summed E-state index contributed by atoms with van der Waals surface area (Å²) < 4.78 is 0. The fourth-order valence-corrected chi connectivity index (χ4v) is 5.52. The van der Waals surface area contributed by atoms with Crippen molar-refractivity contribution in [1.82, 2.24) is 9.80 Å². The highest BCUT2D eigenvalue weighted by atomic mass is 16.2. The summed E-state index contributed by atoms with van der Waals surface area (Å²) in [4.78, 5) is 17.7. The molecule has 2 N–H and O–H groups in total. The first-order chi connectivity index (χ1) is 18.0. The Balaban J connectivity index is 1.61. The summed E-state index contributed by atoms with van der Waals surface area (Å²) >= 11 is 0. The van der Waals surface area contributed by atoms with Gasteiger partial charge in [-0.15, -0.1) is 0 Å². The van der Waals surface area contributed by atoms with Crippen LogP contribution in [0.5, 0.6) is 0 Å². The predicted molar refractivity (Wildman–Crippen MR) is 161 cm³/mol. The molecule has 0 spiro atoms. The van der Waals surface area contributed by atoms with Crippen LogP contribution in [-0.2, 0) is 4.79 Å². The van der Waals surface area contributed by atoms with E-state index in [0.29, 0.717) is 0 Å². The van der Waals surface area contributed by atoms with Crippen LogP contribution in [-0.4, -0.2) is 55.6 Å². The number of carbonyl (C=O) groups excluding carboxylic acids is 1. The van der Waals surface area contributed by atoms with Crippen LogP contribution in [0.2, 0.25) is 0 Å². The van der Waals surface area contributed by atoms with Crippen LogP contribution in [0.4, 0.5) is 11.4 Å². The first kappa shape index (κ1) is 31.5. The van der Waals surface area contributed by atoms with Crippen molar-refractivity contribution in [3.8, 4) is 0 Å². The van der Waals surface area contributed by atoms with Crippen molar-refractivity contribution >= 4 is 17.3 Å². The van der Waals surface area contributed by atoms with Crippen LogP contribution in [0, 0.1) is 0 Å². The number of carbonyl (C=O) groups is 1. The van der Waals surface area contributed by atoms with Crippen LogP contribution in [0.1, 0.15) is 122 Å². The summed E-state index contributed by atoms with van der Waals surface area (Å²) in [5.74, 6) is 0.156. The van der Waals surface area contributed by atoms with Gasteiger partial charge in [0.2, 0.25) is 0 Å². The van der Waals surface area contributed by atoms with Gasteiger partial charge in [0, 0.05) is 13.6 Å². The van der Waals surface area contributed by atoms with E-state index < -0.39 is 5.66 Å². The van der Waals surface area contributed by atoms with Crippen molar-refractivity contribution < 1.29 is 4.79 Å². The third-order valence-electron chi connectivity index (χ3n) is 7.84. The number of nitrogens with one attached hydrogen (secondary N) is 2. The number of anilines is 2. The standard InChI is InChI=1S/C32H58N4O/c1-5-6-7-8-9-10-11-12-13-14-15-16-17-18-19-22-26-32(31(37)36(4)28-23-27-35(2)3)33-29-24-20-21-25-30(29)34-32/h20-21,24-25,33-34H,5-19,22-23,26-28H2,1-4H3. The van der Waals surface area contributed by atoms with E-state index in [1.165, 1.54) is 96.3 Å². The van der Waals surface area contributed by atoms with Gasteiger partial charge in [0.1, 0.15) is 0 Å². The first-order valence-electron chi connectivity index (χ1n) is 15.5. The van der Waals surface area contributed by atoms with Gasteiger partial charge in [0.05, 0.1) is 11.4 Å². The Hall–Kier alpha value is -1.75. The molecule has 1 aliphatic rings. The van der Waals surface area contributed by atoms with Crippen molar-refractivity contribution in [2.45, 2.75) is 128 Å². The average molecular weight is 515 g/mol. The summed E-state index contributed by atoms with van der Waals surface area (Å²) in [5.41, 5.74) is 1.36. The van der Waals surface area contributed by atoms with E-state index in [0.717, 1.165) is 43.7 Å². The molecule has 1 amide bonds. The van der Waals surface area contributed by atoms with Crippen LogP contribution >= 0.6 is 0 Å². The van der Waals surface area contributed by atoms with E-state index >= 15 is 0 Å². The van der Waals surface area contributed by atoms with Gasteiger partial charge in [-0.3, -0.25) is 4.79 Å². The van der Waals surface area contributed by atoms with E-state index in [9.17, 15) is 4.79 Å². The van der Waals surface area contributed by atoms with Gasteiger partial charge < -0.3 is 20.4 Å². The Bertz CT molecular complexity index is 710. The molecule has 2 rings (SSSR count). The number of nitrogens with zero attached hydrogens (tertiary/aromatic N) is 2. The summed E-state index contributed by atoms with van der Waals surface area (Å²) in [6, 6.07) is 8.20. The van der Waals surface area contributed by atoms with Crippen molar-refractivity contribution in [1.29, 1.82) is 0 Å². The largest absolute Gasteiger partial charge is 0.353 e. The molecule has 5 heteroatoms. The maximum absolute atomic E-state index is 13.6. The van der Waals surface area contributed by atoms with Crippen molar-refractivity contribution in [3.05, 3.63) is 24.3 Å². The molecular weight excluding hydrogens is 456 g/mol. The molecular formula is C32H58N4O. The topological polar surface area (TPSA) is 47.6 Å². The molecule has 0 fully saturated rings. The lowest BCUT2D eigenvalue weighted by Gasteiger charge is -2.34. The lowest BCUT2D eigenvalue weighted by Crippen LogP contribution is -2.56. The molecule has 37 heavy (non-hydrogen) atoms. The highest BCUT2D eigenvalue weighted by Gasteiger charge is 2.44. The van der Waals surface area contributed by atoms with E-state index in [-0.39, 0.29) is 5.91 Å². The van der Waals surface area contributed by atoms with Crippen molar-refractivity contribution in [2.24, 2.45) is 0 Å². The van der Waals surface area contributed by atoms with Gasteiger partial charge in [0.25, 0.3) is 5.91 Å². The highest BCUT2D eigenvalue weighted by molar-refractivity contribution is 5.97. The number of likely N-dealkylation sites (N-methyl/N-ethyl adjacent to an activating group) is 1. The SMILES string of the molecule is CCCCCCCCCCCCCCCCCCC1(C(=O)N(C)CCCN(C)C)Nc2ccccc2N1. The molecule has 0 saturated heterocycles. The molecule has 0 aromatic heterocycles. The van der Waals surface area contributed by atoms with E-state index in [4.69, 9.17) is 0 Å². The van der Waals surface area contributed by atoms with Crippen LogP contribution in [0.3, 0.4) is 0 Å². The molecule has 5 nitrogen and oxygen atoms in total. The van der Waals surface area contributed by atoms with Gasteiger partial charge in [-0.25, -0.2) is 0 Å². The molecule has 0 radical (unpaired) electrons. The van der Waals surface area contributed by atoms with E-state index in [2.05, 4.69) is 48.7 Å². The zero-order valence-corrected chi connectivity index (χ0v) is 24.8. The van der Waals surface area contributed by atoms with Crippen LogP contribution < -0.4 is 10.6 Å². The van der Waals surface area contributed by atoms with Crippen LogP contribution in [0.15, 0.2) is 24.3 Å². The monoisotopic (exact) mass is 514 g/mol. The molecule has 0 aliphatic carbocycles. The second kappa shape index (κ2) is 18.5. The van der Waals surface area contributed by atoms with Gasteiger partial charge >= 0.3 is 0 Å². The molecule has 0 atom stereocenters. The number of rotatable bonds is 22. The number of benzene rings is 1. The Morgan fingerprint density at radius 3 is 1.51 bits per heavy atom. The summed E-state index contributed by atoms with van der Waals surface area (Å²) in [5, 5.41) is 7.13. The fourth-order valence-electron chi connectivity index (χ4n) is 5.52. The molecule has 1 heterocycles. The highest BCUT2D eigenvalue weighted by Crippen LogP contribution is 2.37. The molecule has 1 aliphatic heterocycles. The molecule has 212 valence electrons. The third kappa shape index (κ3) is 12.1. The summed E-state index contributed by atoms with van der Waals surface area (Å²) in [6.45, 7) is 4.06. The summed E-state index contributed by atoms with van der Waals surface area (Å²) in [6.07, 6.45) is 23.6. The quantitative estimate of drug-likeness (QED) is 0.153. The molecule has 1 aromatic carbocycles. The lowest BCUT2D eigenvalue weighted by atomic mass is 9.98. The smallest absolute Gasteiger partial charge is 0.268 e. The predicted octanol–water partition coefficient (Wildman–Crippen LogP) is 8.28. The Labute approximate surface area is 229 Å². The van der Waals surface area contributed by atoms with Gasteiger partial charge in [-0.05, 0) is 52.0 Å². The van der Waals surface area contributed by atoms with Crippen molar-refractivity contribution in [2.75, 3.05) is 44.9 Å². The van der Waals surface area contributed by atoms with Crippen molar-refractivity contribution in [3.63, 3.8) is 0 Å². The maximum atomic E-state index is 13.6. The number of hydrogen-bond donors (Lipinski definition) is 2. The molecule has 0 bridgehead atoms. The third-order valence-corrected chi connectivity index (χ3v) is 7.84. The Morgan fingerprint density at radius 1 is 0.649 bits per heavy atom. The molecule has 1 aromatic rings.